The first kappa shape index (κ1) is 22.8. The van der Waals surface area contributed by atoms with Crippen molar-refractivity contribution in [1.82, 2.24) is 0 Å². The Kier molecular flexibility index (Phi) is 8.60. The number of rotatable bonds is 10. The minimum absolute atomic E-state index is 0.0268. The van der Waals surface area contributed by atoms with E-state index in [1.54, 1.807) is 44.2 Å². The van der Waals surface area contributed by atoms with Gasteiger partial charge in [0, 0.05) is 22.0 Å². The van der Waals surface area contributed by atoms with Crippen LogP contribution in [0, 0.1) is 5.82 Å². The van der Waals surface area contributed by atoms with Gasteiger partial charge in [0.2, 0.25) is 0 Å². The summed E-state index contributed by atoms with van der Waals surface area (Å²) in [6.07, 6.45) is 0.481. The highest BCUT2D eigenvalue weighted by Gasteiger charge is 2.20. The van der Waals surface area contributed by atoms with Gasteiger partial charge < -0.3 is 19.4 Å². The fourth-order valence-electron chi connectivity index (χ4n) is 2.59. The topological polar surface area (TPSA) is 77.4 Å². The standard InChI is InChI=1S/C21H23BrFNO5/c1-13(2)29-20(21(25)26)9-14-4-7-19(27-3)16(8-14)11-24-28-12-15-5-6-17(22)10-18(15)23/h4-8,10-11,13,20H,9,12H2,1-3H3,(H,25,26)/b24-11+. The Labute approximate surface area is 177 Å². The number of hydrogen-bond donors (Lipinski definition) is 1. The molecule has 1 atom stereocenters. The monoisotopic (exact) mass is 467 g/mol. The fraction of sp³-hybridized carbons (Fsp3) is 0.333. The van der Waals surface area contributed by atoms with E-state index in [9.17, 15) is 14.3 Å². The van der Waals surface area contributed by atoms with Crippen molar-refractivity contribution in [2.24, 2.45) is 5.16 Å². The van der Waals surface area contributed by atoms with Crippen molar-refractivity contribution < 1.29 is 28.6 Å². The minimum Gasteiger partial charge on any atom is -0.496 e. The number of aliphatic carboxylic acids is 1. The van der Waals surface area contributed by atoms with Gasteiger partial charge in [0.15, 0.2) is 6.10 Å². The Hall–Kier alpha value is -2.45. The van der Waals surface area contributed by atoms with Gasteiger partial charge in [-0.2, -0.15) is 0 Å². The maximum Gasteiger partial charge on any atom is 0.333 e. The maximum absolute atomic E-state index is 13.8. The molecule has 0 bridgehead atoms. The summed E-state index contributed by atoms with van der Waals surface area (Å²) in [5, 5.41) is 13.2. The number of carboxylic acids is 1. The predicted octanol–water partition coefficient (Wildman–Crippen LogP) is 4.57. The van der Waals surface area contributed by atoms with E-state index in [2.05, 4.69) is 21.1 Å². The molecule has 0 radical (unpaired) electrons. The smallest absolute Gasteiger partial charge is 0.333 e. The van der Waals surface area contributed by atoms with Crippen molar-refractivity contribution >= 4 is 28.1 Å². The number of hydrogen-bond acceptors (Lipinski definition) is 5. The first-order chi connectivity index (χ1) is 13.8. The van der Waals surface area contributed by atoms with E-state index in [-0.39, 0.29) is 24.9 Å². The van der Waals surface area contributed by atoms with E-state index in [0.717, 1.165) is 5.56 Å². The van der Waals surface area contributed by atoms with Crippen LogP contribution >= 0.6 is 15.9 Å². The van der Waals surface area contributed by atoms with Gasteiger partial charge in [-0.05, 0) is 43.7 Å². The molecule has 0 aliphatic heterocycles. The van der Waals surface area contributed by atoms with Crippen LogP contribution in [-0.4, -0.2) is 36.6 Å². The SMILES string of the molecule is COc1ccc(CC(OC(C)C)C(=O)O)cc1/C=N/OCc1ccc(Br)cc1F. The summed E-state index contributed by atoms with van der Waals surface area (Å²) in [5.41, 5.74) is 1.73. The Morgan fingerprint density at radius 2 is 2.03 bits per heavy atom. The van der Waals surface area contributed by atoms with Crippen molar-refractivity contribution in [3.8, 4) is 5.75 Å². The highest BCUT2D eigenvalue weighted by atomic mass is 79.9. The van der Waals surface area contributed by atoms with Crippen LogP contribution in [0.3, 0.4) is 0 Å². The Balaban J connectivity index is 2.09. The van der Waals surface area contributed by atoms with E-state index >= 15 is 0 Å². The predicted molar refractivity (Wildman–Crippen MR) is 111 cm³/mol. The van der Waals surface area contributed by atoms with E-state index in [4.69, 9.17) is 14.3 Å². The van der Waals surface area contributed by atoms with Crippen molar-refractivity contribution in [3.63, 3.8) is 0 Å². The van der Waals surface area contributed by atoms with Crippen LogP contribution in [-0.2, 0) is 27.4 Å². The molecule has 2 rings (SSSR count). The van der Waals surface area contributed by atoms with E-state index < -0.39 is 12.1 Å². The molecule has 29 heavy (non-hydrogen) atoms. The highest BCUT2D eigenvalue weighted by Crippen LogP contribution is 2.20. The molecule has 0 heterocycles. The molecule has 156 valence electrons. The van der Waals surface area contributed by atoms with E-state index in [1.165, 1.54) is 19.4 Å². The zero-order chi connectivity index (χ0) is 21.4. The van der Waals surface area contributed by atoms with Gasteiger partial charge in [-0.25, -0.2) is 9.18 Å². The van der Waals surface area contributed by atoms with Gasteiger partial charge >= 0.3 is 5.97 Å². The molecule has 0 saturated heterocycles. The summed E-state index contributed by atoms with van der Waals surface area (Å²) in [4.78, 5) is 16.6. The number of ether oxygens (including phenoxy) is 2. The number of methoxy groups -OCH3 is 1. The normalized spacial score (nSPS) is 12.3. The third kappa shape index (κ3) is 7.14. The molecule has 1 N–H and O–H groups in total. The van der Waals surface area contributed by atoms with Crippen molar-refractivity contribution in [3.05, 3.63) is 63.4 Å². The first-order valence-electron chi connectivity index (χ1n) is 8.94. The van der Waals surface area contributed by atoms with Crippen LogP contribution in [0.4, 0.5) is 4.39 Å². The molecular formula is C21H23BrFNO5. The van der Waals surface area contributed by atoms with Crippen LogP contribution in [0.15, 0.2) is 46.0 Å². The van der Waals surface area contributed by atoms with Crippen LogP contribution in [0.5, 0.6) is 5.75 Å². The molecule has 8 heteroatoms. The quantitative estimate of drug-likeness (QED) is 0.409. The zero-order valence-electron chi connectivity index (χ0n) is 16.4. The van der Waals surface area contributed by atoms with Crippen molar-refractivity contribution in [1.29, 1.82) is 0 Å². The second-order valence-electron chi connectivity index (χ2n) is 6.54. The zero-order valence-corrected chi connectivity index (χ0v) is 18.0. The fourth-order valence-corrected chi connectivity index (χ4v) is 2.92. The minimum atomic E-state index is -1.02. The third-order valence-corrected chi connectivity index (χ3v) is 4.42. The second-order valence-corrected chi connectivity index (χ2v) is 7.45. The van der Waals surface area contributed by atoms with Crippen LogP contribution in [0.2, 0.25) is 0 Å². The van der Waals surface area contributed by atoms with Crippen LogP contribution in [0.1, 0.15) is 30.5 Å². The Bertz CT molecular complexity index is 872. The number of carboxylic acid groups (broad SMARTS) is 1. The first-order valence-corrected chi connectivity index (χ1v) is 9.74. The third-order valence-electron chi connectivity index (χ3n) is 3.93. The average molecular weight is 468 g/mol. The van der Waals surface area contributed by atoms with Crippen LogP contribution in [0.25, 0.3) is 0 Å². The summed E-state index contributed by atoms with van der Waals surface area (Å²) in [6, 6.07) is 9.93. The molecule has 6 nitrogen and oxygen atoms in total. The number of oxime groups is 1. The highest BCUT2D eigenvalue weighted by molar-refractivity contribution is 9.10. The Morgan fingerprint density at radius 1 is 1.28 bits per heavy atom. The lowest BCUT2D eigenvalue weighted by Gasteiger charge is -2.17. The molecule has 0 fully saturated rings. The molecule has 0 amide bonds. The maximum atomic E-state index is 13.8. The number of benzene rings is 2. The van der Waals surface area contributed by atoms with Gasteiger partial charge in [0.25, 0.3) is 0 Å². The number of nitrogens with zero attached hydrogens (tertiary/aromatic N) is 1. The summed E-state index contributed by atoms with van der Waals surface area (Å²) in [7, 11) is 1.52. The average Bonchev–Trinajstić information content (AvgIpc) is 2.66. The lowest BCUT2D eigenvalue weighted by atomic mass is 10.0. The molecule has 2 aromatic rings. The van der Waals surface area contributed by atoms with Gasteiger partial charge in [-0.1, -0.05) is 33.2 Å². The van der Waals surface area contributed by atoms with E-state index in [0.29, 0.717) is 21.3 Å². The summed E-state index contributed by atoms with van der Waals surface area (Å²) >= 11 is 3.20. The number of halogens is 2. The van der Waals surface area contributed by atoms with Gasteiger partial charge in [-0.15, -0.1) is 0 Å². The molecule has 0 aliphatic rings. The molecular weight excluding hydrogens is 445 g/mol. The molecule has 0 saturated carbocycles. The lowest BCUT2D eigenvalue weighted by Crippen LogP contribution is -2.29. The molecule has 0 spiro atoms. The molecule has 2 aromatic carbocycles. The number of carbonyl (C=O) groups is 1. The second kappa shape index (κ2) is 10.9. The lowest BCUT2D eigenvalue weighted by molar-refractivity contribution is -0.153. The van der Waals surface area contributed by atoms with Crippen LogP contribution < -0.4 is 4.74 Å². The summed E-state index contributed by atoms with van der Waals surface area (Å²) in [5.74, 6) is -0.865. The summed E-state index contributed by atoms with van der Waals surface area (Å²) in [6.45, 7) is 3.54. The molecule has 0 aromatic heterocycles. The Morgan fingerprint density at radius 3 is 2.66 bits per heavy atom. The largest absolute Gasteiger partial charge is 0.496 e. The van der Waals surface area contributed by atoms with Gasteiger partial charge in [-0.3, -0.25) is 0 Å². The molecule has 0 aliphatic carbocycles. The van der Waals surface area contributed by atoms with E-state index in [1.807, 2.05) is 0 Å². The summed E-state index contributed by atoms with van der Waals surface area (Å²) < 4.78 is 25.2. The van der Waals surface area contributed by atoms with Crippen molar-refractivity contribution in [2.75, 3.05) is 7.11 Å². The van der Waals surface area contributed by atoms with Gasteiger partial charge in [0.1, 0.15) is 18.2 Å². The molecule has 1 unspecified atom stereocenters. The van der Waals surface area contributed by atoms with Crippen molar-refractivity contribution in [2.45, 2.75) is 39.1 Å². The van der Waals surface area contributed by atoms with Gasteiger partial charge in [0.05, 0.1) is 19.4 Å².